The van der Waals surface area contributed by atoms with Crippen molar-refractivity contribution in [3.05, 3.63) is 81.8 Å². The third-order valence-corrected chi connectivity index (χ3v) is 5.57. The number of unbranched alkanes of at least 4 members (excludes halogenated alkanes) is 1. The Morgan fingerprint density at radius 3 is 2.42 bits per heavy atom. The van der Waals surface area contributed by atoms with Crippen LogP contribution in [0.5, 0.6) is 17.2 Å². The maximum absolute atomic E-state index is 12.6. The van der Waals surface area contributed by atoms with Crippen LogP contribution in [0.15, 0.2) is 65.8 Å². The lowest BCUT2D eigenvalue weighted by Crippen LogP contribution is -2.32. The first-order chi connectivity index (χ1) is 18.3. The molecule has 0 heterocycles. The molecule has 0 aliphatic heterocycles. The van der Waals surface area contributed by atoms with Crippen LogP contribution in [0, 0.1) is 0 Å². The van der Waals surface area contributed by atoms with Crippen LogP contribution in [0.2, 0.25) is 10.0 Å². The van der Waals surface area contributed by atoms with E-state index in [4.69, 9.17) is 37.4 Å². The van der Waals surface area contributed by atoms with Crippen molar-refractivity contribution in [3.63, 3.8) is 0 Å². The first-order valence-electron chi connectivity index (χ1n) is 11.5. The van der Waals surface area contributed by atoms with E-state index in [9.17, 15) is 14.4 Å². The fourth-order valence-electron chi connectivity index (χ4n) is 3.02. The highest BCUT2D eigenvalue weighted by Gasteiger charge is 2.16. The van der Waals surface area contributed by atoms with Crippen LogP contribution in [-0.4, -0.2) is 37.7 Å². The SMILES string of the molecule is CCCCOc1ccc(C(=O)Oc2ccc(/C=N/NC(=O)C(=O)Nc3cc(Cl)ccc3Cl)cc2OC)cc1. The number of nitrogens with one attached hydrogen (secondary N) is 2. The van der Waals surface area contributed by atoms with E-state index >= 15 is 0 Å². The van der Waals surface area contributed by atoms with Crippen molar-refractivity contribution in [3.8, 4) is 17.2 Å². The number of amides is 2. The summed E-state index contributed by atoms with van der Waals surface area (Å²) < 4.78 is 16.4. The normalized spacial score (nSPS) is 10.6. The highest BCUT2D eigenvalue weighted by atomic mass is 35.5. The lowest BCUT2D eigenvalue weighted by molar-refractivity contribution is -0.136. The van der Waals surface area contributed by atoms with Crippen LogP contribution >= 0.6 is 23.2 Å². The van der Waals surface area contributed by atoms with Gasteiger partial charge in [-0.3, -0.25) is 9.59 Å². The molecule has 0 aliphatic rings. The number of nitrogens with zero attached hydrogens (tertiary/aromatic N) is 1. The summed E-state index contributed by atoms with van der Waals surface area (Å²) in [5.41, 5.74) is 3.16. The number of carbonyl (C=O) groups excluding carboxylic acids is 3. The van der Waals surface area contributed by atoms with E-state index in [1.165, 1.54) is 31.5 Å². The number of benzene rings is 3. The largest absolute Gasteiger partial charge is 0.494 e. The molecule has 0 bridgehead atoms. The predicted octanol–water partition coefficient (Wildman–Crippen LogP) is 5.49. The molecule has 3 rings (SSSR count). The van der Waals surface area contributed by atoms with Gasteiger partial charge < -0.3 is 19.5 Å². The van der Waals surface area contributed by atoms with Crippen LogP contribution in [0.25, 0.3) is 0 Å². The molecule has 0 saturated heterocycles. The fraction of sp³-hybridized carbons (Fsp3) is 0.185. The van der Waals surface area contributed by atoms with Crippen LogP contribution in [0.3, 0.4) is 0 Å². The van der Waals surface area contributed by atoms with E-state index in [2.05, 4.69) is 22.8 Å². The van der Waals surface area contributed by atoms with Crippen molar-refractivity contribution in [1.82, 2.24) is 5.43 Å². The fourth-order valence-corrected chi connectivity index (χ4v) is 3.35. The molecule has 11 heteroatoms. The minimum absolute atomic E-state index is 0.189. The molecule has 2 N–H and O–H groups in total. The maximum atomic E-state index is 12.6. The standard InChI is InChI=1S/C27H25Cl2N3O6/c1-3-4-13-37-20-9-6-18(7-10-20)27(35)38-23-12-5-17(14-24(23)36-2)16-30-32-26(34)25(33)31-22-15-19(28)8-11-21(22)29/h5-12,14-16H,3-4,13H2,1-2H3,(H,31,33)(H,32,34)/b30-16+. The Morgan fingerprint density at radius 1 is 0.947 bits per heavy atom. The number of carbonyl (C=O) groups is 3. The van der Waals surface area contributed by atoms with Crippen LogP contribution < -0.4 is 25.0 Å². The number of hydrogen-bond donors (Lipinski definition) is 2. The molecule has 9 nitrogen and oxygen atoms in total. The molecule has 0 aromatic heterocycles. The molecule has 0 saturated carbocycles. The molecule has 198 valence electrons. The molecule has 2 amide bonds. The molecule has 0 atom stereocenters. The lowest BCUT2D eigenvalue weighted by atomic mass is 10.2. The van der Waals surface area contributed by atoms with Gasteiger partial charge >= 0.3 is 17.8 Å². The van der Waals surface area contributed by atoms with Crippen molar-refractivity contribution >= 4 is 52.9 Å². The second kappa shape index (κ2) is 14.0. The third kappa shape index (κ3) is 8.22. The molecule has 0 aliphatic carbocycles. The lowest BCUT2D eigenvalue weighted by Gasteiger charge is -2.10. The van der Waals surface area contributed by atoms with Crippen LogP contribution in [-0.2, 0) is 9.59 Å². The van der Waals surface area contributed by atoms with Crippen molar-refractivity contribution in [2.45, 2.75) is 19.8 Å². The maximum Gasteiger partial charge on any atom is 0.343 e. The van der Waals surface area contributed by atoms with Crippen molar-refractivity contribution in [2.75, 3.05) is 19.0 Å². The summed E-state index contributed by atoms with van der Waals surface area (Å²) in [5.74, 6) is -1.43. The van der Waals surface area contributed by atoms with Crippen LogP contribution in [0.4, 0.5) is 5.69 Å². The quantitative estimate of drug-likeness (QED) is 0.0850. The molecule has 0 fully saturated rings. The summed E-state index contributed by atoms with van der Waals surface area (Å²) in [6.45, 7) is 2.69. The van der Waals surface area contributed by atoms with Gasteiger partial charge in [0.15, 0.2) is 11.5 Å². The minimum atomic E-state index is -1.02. The van der Waals surface area contributed by atoms with E-state index in [0.29, 0.717) is 28.5 Å². The number of methoxy groups -OCH3 is 1. The Labute approximate surface area is 229 Å². The van der Waals surface area contributed by atoms with Gasteiger partial charge in [-0.15, -0.1) is 0 Å². The number of esters is 1. The molecule has 38 heavy (non-hydrogen) atoms. The van der Waals surface area contributed by atoms with E-state index < -0.39 is 17.8 Å². The second-order valence-electron chi connectivity index (χ2n) is 7.80. The zero-order chi connectivity index (χ0) is 27.5. The Kier molecular flexibility index (Phi) is 10.5. The average molecular weight is 558 g/mol. The van der Waals surface area contributed by atoms with E-state index in [-0.39, 0.29) is 22.2 Å². The van der Waals surface area contributed by atoms with Gasteiger partial charge in [0.2, 0.25) is 0 Å². The molecule has 0 radical (unpaired) electrons. The molecule has 0 spiro atoms. The smallest absolute Gasteiger partial charge is 0.343 e. The van der Waals surface area contributed by atoms with E-state index in [0.717, 1.165) is 12.8 Å². The van der Waals surface area contributed by atoms with Gasteiger partial charge in [-0.2, -0.15) is 5.10 Å². The zero-order valence-electron chi connectivity index (χ0n) is 20.6. The van der Waals surface area contributed by atoms with Gasteiger partial charge in [-0.1, -0.05) is 36.5 Å². The van der Waals surface area contributed by atoms with E-state index in [1.807, 2.05) is 0 Å². The molecular weight excluding hydrogens is 533 g/mol. The van der Waals surface area contributed by atoms with Crippen molar-refractivity contribution in [2.24, 2.45) is 5.10 Å². The summed E-state index contributed by atoms with van der Waals surface area (Å²) in [7, 11) is 1.42. The number of halogens is 2. The van der Waals surface area contributed by atoms with Gasteiger partial charge in [0, 0.05) is 5.02 Å². The molecule has 3 aromatic rings. The molecule has 3 aromatic carbocycles. The number of ether oxygens (including phenoxy) is 3. The van der Waals surface area contributed by atoms with Gasteiger partial charge in [-0.05, 0) is 72.6 Å². The number of anilines is 1. The van der Waals surface area contributed by atoms with E-state index in [1.54, 1.807) is 42.5 Å². The van der Waals surface area contributed by atoms with Crippen LogP contribution in [0.1, 0.15) is 35.7 Å². The summed E-state index contributed by atoms with van der Waals surface area (Å²) >= 11 is 11.9. The average Bonchev–Trinajstić information content (AvgIpc) is 2.91. The summed E-state index contributed by atoms with van der Waals surface area (Å²) in [6, 6.07) is 15.8. The highest BCUT2D eigenvalue weighted by Crippen LogP contribution is 2.29. The molecule has 0 unspecified atom stereocenters. The second-order valence-corrected chi connectivity index (χ2v) is 8.65. The Hall–Kier alpha value is -4.08. The number of rotatable bonds is 10. The molecular formula is C27H25Cl2N3O6. The Bertz CT molecular complexity index is 1330. The third-order valence-electron chi connectivity index (χ3n) is 5.01. The first-order valence-corrected chi connectivity index (χ1v) is 12.3. The first kappa shape index (κ1) is 28.5. The number of hydrazone groups is 1. The predicted molar refractivity (Wildman–Crippen MR) is 146 cm³/mol. The Balaban J connectivity index is 1.57. The highest BCUT2D eigenvalue weighted by molar-refractivity contribution is 6.42. The number of hydrogen-bond acceptors (Lipinski definition) is 7. The zero-order valence-corrected chi connectivity index (χ0v) is 22.1. The van der Waals surface area contributed by atoms with Gasteiger partial charge in [-0.25, -0.2) is 10.2 Å². The summed E-state index contributed by atoms with van der Waals surface area (Å²) in [5, 5.41) is 6.69. The Morgan fingerprint density at radius 2 is 1.71 bits per heavy atom. The van der Waals surface area contributed by atoms with Crippen molar-refractivity contribution in [1.29, 1.82) is 0 Å². The summed E-state index contributed by atoms with van der Waals surface area (Å²) in [6.07, 6.45) is 3.28. The van der Waals surface area contributed by atoms with Gasteiger partial charge in [0.25, 0.3) is 0 Å². The van der Waals surface area contributed by atoms with Gasteiger partial charge in [0.1, 0.15) is 5.75 Å². The monoisotopic (exact) mass is 557 g/mol. The topological polar surface area (TPSA) is 115 Å². The summed E-state index contributed by atoms with van der Waals surface area (Å²) in [4.78, 5) is 36.7. The van der Waals surface area contributed by atoms with Gasteiger partial charge in [0.05, 0.1) is 36.2 Å². The van der Waals surface area contributed by atoms with Crippen molar-refractivity contribution < 1.29 is 28.6 Å². The minimum Gasteiger partial charge on any atom is -0.494 e.